The van der Waals surface area contributed by atoms with E-state index in [4.69, 9.17) is 4.74 Å². The van der Waals surface area contributed by atoms with Crippen molar-refractivity contribution in [1.82, 2.24) is 20.5 Å². The van der Waals surface area contributed by atoms with Crippen molar-refractivity contribution in [1.29, 1.82) is 0 Å². The van der Waals surface area contributed by atoms with E-state index < -0.39 is 18.2 Å². The van der Waals surface area contributed by atoms with Gasteiger partial charge in [0.1, 0.15) is 19.2 Å². The van der Waals surface area contributed by atoms with Crippen molar-refractivity contribution in [2.45, 2.75) is 114 Å². The van der Waals surface area contributed by atoms with Crippen LogP contribution in [-0.2, 0) is 22.4 Å². The summed E-state index contributed by atoms with van der Waals surface area (Å²) < 4.78 is 5.94. The lowest BCUT2D eigenvalue weighted by molar-refractivity contribution is -0.884. The molecule has 3 heterocycles. The number of morpholine rings is 1. The van der Waals surface area contributed by atoms with Gasteiger partial charge < -0.3 is 25.6 Å². The minimum absolute atomic E-state index is 0.0212. The van der Waals surface area contributed by atoms with E-state index in [2.05, 4.69) is 46.8 Å². The van der Waals surface area contributed by atoms with E-state index in [0.717, 1.165) is 37.9 Å². The highest BCUT2D eigenvalue weighted by Crippen LogP contribution is 2.30. The van der Waals surface area contributed by atoms with Gasteiger partial charge >= 0.3 is 6.03 Å². The molecule has 0 spiro atoms. The quantitative estimate of drug-likeness (QED) is 0.208. The Labute approximate surface area is 293 Å². The minimum Gasteiger partial charge on any atom is -0.390 e. The smallest absolute Gasteiger partial charge is 0.390 e. The predicted molar refractivity (Wildman–Crippen MR) is 191 cm³/mol. The van der Waals surface area contributed by atoms with Gasteiger partial charge in [0.05, 0.1) is 37.4 Å². The Kier molecular flexibility index (Phi) is 14.4. The van der Waals surface area contributed by atoms with Gasteiger partial charge in [0.15, 0.2) is 0 Å². The third kappa shape index (κ3) is 10.6. The van der Waals surface area contributed by atoms with Crippen LogP contribution in [0.4, 0.5) is 4.79 Å². The van der Waals surface area contributed by atoms with Crippen LogP contribution in [0, 0.1) is 5.92 Å². The van der Waals surface area contributed by atoms with Gasteiger partial charge in [0, 0.05) is 44.4 Å². The highest BCUT2D eigenvalue weighted by Gasteiger charge is 2.49. The predicted octanol–water partition coefficient (Wildman–Crippen LogP) is 4.23. The number of carbonyl (C=O) groups excluding carboxylic acids is 2. The summed E-state index contributed by atoms with van der Waals surface area (Å²) in [5, 5.41) is 29.4. The third-order valence-electron chi connectivity index (χ3n) is 11.2. The number of hydrogen-bond acceptors (Lipinski definition) is 7. The van der Waals surface area contributed by atoms with E-state index in [1.807, 2.05) is 29.2 Å². The number of nitrogens with zero attached hydrogens (tertiary/aromatic N) is 3. The van der Waals surface area contributed by atoms with Crippen LogP contribution >= 0.6 is 0 Å². The number of amides is 3. The van der Waals surface area contributed by atoms with E-state index in [1.165, 1.54) is 24.8 Å². The molecule has 2 aromatic rings. The van der Waals surface area contributed by atoms with E-state index in [9.17, 15) is 19.8 Å². The van der Waals surface area contributed by atoms with Gasteiger partial charge in [-0.1, -0.05) is 75.4 Å². The minimum atomic E-state index is -1.07. The molecule has 3 fully saturated rings. The zero-order chi connectivity index (χ0) is 34.5. The van der Waals surface area contributed by atoms with Crippen LogP contribution in [0.2, 0.25) is 0 Å². The lowest BCUT2D eigenvalue weighted by atomic mass is 9.82. The Balaban J connectivity index is 1.27. The molecule has 2 saturated heterocycles. The molecule has 1 aromatic carbocycles. The normalized spacial score (nSPS) is 24.5. The molecule has 1 aliphatic carbocycles. The van der Waals surface area contributed by atoms with Gasteiger partial charge in [0.25, 0.3) is 0 Å². The van der Waals surface area contributed by atoms with Gasteiger partial charge in [-0.2, -0.15) is 0 Å². The lowest BCUT2D eigenvalue weighted by Gasteiger charge is -2.49. The fraction of sp³-hybridized carbons (Fsp3) is 0.667. The second kappa shape index (κ2) is 18.9. The number of benzene rings is 1. The molecule has 2 unspecified atom stereocenters. The number of hydrogen-bond donors (Lipinski definition) is 4. The van der Waals surface area contributed by atoms with Crippen LogP contribution in [0.5, 0.6) is 0 Å². The van der Waals surface area contributed by atoms with Crippen LogP contribution in [0.3, 0.4) is 0 Å². The van der Waals surface area contributed by atoms with Crippen molar-refractivity contribution in [3.63, 3.8) is 0 Å². The van der Waals surface area contributed by atoms with Gasteiger partial charge in [-0.25, -0.2) is 9.28 Å². The molecule has 4 N–H and O–H groups in total. The highest BCUT2D eigenvalue weighted by atomic mass is 16.5. The number of rotatable bonds is 15. The van der Waals surface area contributed by atoms with Crippen molar-refractivity contribution in [3.05, 3.63) is 66.0 Å². The second-order valence-corrected chi connectivity index (χ2v) is 14.6. The zero-order valence-corrected chi connectivity index (χ0v) is 29.6. The van der Waals surface area contributed by atoms with Crippen LogP contribution in [0.1, 0.15) is 82.4 Å². The number of piperazine rings is 1. The maximum absolute atomic E-state index is 14.5. The molecule has 270 valence electrons. The Morgan fingerprint density at radius 1 is 1.04 bits per heavy atom. The molecule has 10 heteroatoms. The van der Waals surface area contributed by atoms with Crippen LogP contribution < -0.4 is 10.6 Å². The molecular formula is C39H60N5O5+. The van der Waals surface area contributed by atoms with E-state index in [0.29, 0.717) is 75.5 Å². The zero-order valence-electron chi connectivity index (χ0n) is 29.6. The summed E-state index contributed by atoms with van der Waals surface area (Å²) in [6, 6.07) is 15.9. The molecule has 3 amide bonds. The molecule has 6 atom stereocenters. The molecule has 3 aliphatic rings. The van der Waals surface area contributed by atoms with Crippen LogP contribution in [0.25, 0.3) is 0 Å². The summed E-state index contributed by atoms with van der Waals surface area (Å²) in [5.74, 6) is 0.297. The maximum Gasteiger partial charge on any atom is 0.419 e. The van der Waals surface area contributed by atoms with Crippen molar-refractivity contribution in [3.8, 4) is 0 Å². The number of aryl methyl sites for hydroxylation is 1. The number of aromatic nitrogens is 1. The second-order valence-electron chi connectivity index (χ2n) is 14.6. The van der Waals surface area contributed by atoms with Gasteiger partial charge in [-0.05, 0) is 55.7 Å². The van der Waals surface area contributed by atoms with Crippen LogP contribution in [-0.4, -0.2) is 113 Å². The Morgan fingerprint density at radius 3 is 2.51 bits per heavy atom. The summed E-state index contributed by atoms with van der Waals surface area (Å²) in [5.41, 5.74) is 2.12. The Morgan fingerprint density at radius 2 is 1.80 bits per heavy atom. The topological polar surface area (TPSA) is 124 Å². The maximum atomic E-state index is 14.5. The molecule has 0 bridgehead atoms. The van der Waals surface area contributed by atoms with Crippen molar-refractivity contribution >= 4 is 11.9 Å². The fourth-order valence-corrected chi connectivity index (χ4v) is 8.47. The summed E-state index contributed by atoms with van der Waals surface area (Å²) >= 11 is 0. The first kappa shape index (κ1) is 37.4. The van der Waals surface area contributed by atoms with E-state index in [-0.39, 0.29) is 30.4 Å². The molecule has 5 rings (SSSR count). The fourth-order valence-electron chi connectivity index (χ4n) is 8.47. The molecule has 49 heavy (non-hydrogen) atoms. The largest absolute Gasteiger partial charge is 0.419 e. The lowest BCUT2D eigenvalue weighted by Crippen LogP contribution is -2.72. The molecule has 1 aromatic heterocycles. The monoisotopic (exact) mass is 678 g/mol. The first-order valence-corrected chi connectivity index (χ1v) is 18.9. The Bertz CT molecular complexity index is 1270. The van der Waals surface area contributed by atoms with Crippen molar-refractivity contribution in [2.24, 2.45) is 5.92 Å². The first-order valence-electron chi connectivity index (χ1n) is 18.9. The summed E-state index contributed by atoms with van der Waals surface area (Å²) in [7, 11) is 0. The number of aliphatic hydroxyl groups excluding tert-OH is 2. The van der Waals surface area contributed by atoms with Gasteiger partial charge in [0.2, 0.25) is 5.91 Å². The standard InChI is InChI=1S/C39H59N5O5/c1-2-34(44(39(48)43-22-25-49-26-23-43)24-21-41-33(29-44)27-30-11-5-3-6-12-30)17-19-37(46)42-35(28-31-13-7-4-8-14-31)38(47)36(45)18-16-32-15-9-10-20-40-32/h3,5-6,9-12,15,20,31,33-36,38,41,45,47H,2,4,7-8,13-14,16-19,21-29H2,1H3/p+1/t33-,34?,35+,36+,38-,44?/m1/s1. The molecule has 1 saturated carbocycles. The van der Waals surface area contributed by atoms with E-state index >= 15 is 0 Å². The first-order chi connectivity index (χ1) is 23.9. The molecule has 0 radical (unpaired) electrons. The number of urea groups is 1. The number of pyridine rings is 1. The molecule has 2 aliphatic heterocycles. The van der Waals surface area contributed by atoms with Crippen molar-refractivity contribution in [2.75, 3.05) is 45.9 Å². The number of ether oxygens (including phenoxy) is 1. The number of aliphatic hydroxyl groups is 2. The van der Waals surface area contributed by atoms with Gasteiger partial charge in [-0.15, -0.1) is 0 Å². The number of quaternary nitrogens is 1. The SMILES string of the molecule is CCC(CCC(=O)N[C@@H](CC1CCCCC1)[C@@H](O)[C@@H](O)CCc1ccccn1)[N+]1(C(=O)N2CCOCC2)CCN[C@H](Cc2ccccc2)C1. The van der Waals surface area contributed by atoms with Crippen LogP contribution in [0.15, 0.2) is 54.7 Å². The molecular weight excluding hydrogens is 618 g/mol. The number of nitrogens with one attached hydrogen (secondary N) is 2. The highest BCUT2D eigenvalue weighted by molar-refractivity contribution is 5.76. The summed E-state index contributed by atoms with van der Waals surface area (Å²) in [4.78, 5) is 34.6. The summed E-state index contributed by atoms with van der Waals surface area (Å²) in [6.07, 6.45) is 9.48. The van der Waals surface area contributed by atoms with Crippen molar-refractivity contribution < 1.29 is 29.0 Å². The molecule has 10 nitrogen and oxygen atoms in total. The Hall–Kier alpha value is -2.89. The van der Waals surface area contributed by atoms with E-state index in [1.54, 1.807) is 6.20 Å². The van der Waals surface area contributed by atoms with Gasteiger partial charge in [-0.3, -0.25) is 14.7 Å². The average molecular weight is 679 g/mol. The summed E-state index contributed by atoms with van der Waals surface area (Å²) in [6.45, 7) is 6.53. The third-order valence-corrected chi connectivity index (χ3v) is 11.2. The number of carbonyl (C=O) groups is 2. The average Bonchev–Trinajstić information content (AvgIpc) is 3.15.